The Kier molecular flexibility index (Phi) is 7.92. The van der Waals surface area contributed by atoms with Gasteiger partial charge >= 0.3 is 0 Å². The third-order valence-electron chi connectivity index (χ3n) is 9.06. The minimum Gasteiger partial charge on any atom is -0.340 e. The lowest BCUT2D eigenvalue weighted by Crippen LogP contribution is -2.27. The number of allylic oxidation sites excluding steroid dienone is 8. The van der Waals surface area contributed by atoms with Crippen LogP contribution in [-0.4, -0.2) is 23.4 Å². The maximum absolute atomic E-state index is 7.14. The molecule has 2 heterocycles. The SMILES string of the molecule is C=CCN1C(=CC=C2CCCC(C=CC3=[N+](CC=C)c4ccc(C)cc4C3(C)C)=C2Cl)C(C)(C)c2cc(C)ccc21. The molecule has 0 unspecified atom stereocenters. The molecule has 0 spiro atoms. The molecule has 0 bridgehead atoms. The van der Waals surface area contributed by atoms with Gasteiger partial charge in [-0.2, -0.15) is 4.58 Å². The lowest BCUT2D eigenvalue weighted by atomic mass is 9.80. The second-order valence-corrected chi connectivity index (χ2v) is 13.1. The Morgan fingerprint density at radius 3 is 2.29 bits per heavy atom. The predicted octanol–water partition coefficient (Wildman–Crippen LogP) is 9.89. The standard InChI is InChI=1S/C38H44ClN2/c1-9-22-40-32-18-14-26(3)24-30(32)37(5,6)34(40)20-16-28-12-11-13-29(36(28)39)17-21-35-38(7,8)31-25-27(4)15-19-33(31)41(35)23-10-2/h9-10,14-21,24-25H,1-2,11-13,22-23H2,3-8H3/q+1. The molecule has 41 heavy (non-hydrogen) atoms. The van der Waals surface area contributed by atoms with Gasteiger partial charge < -0.3 is 4.90 Å². The van der Waals surface area contributed by atoms with Crippen LogP contribution in [0.25, 0.3) is 0 Å². The molecule has 0 amide bonds. The number of rotatable bonds is 7. The van der Waals surface area contributed by atoms with Crippen molar-refractivity contribution in [3.05, 3.63) is 130 Å². The summed E-state index contributed by atoms with van der Waals surface area (Å²) in [5.74, 6) is 0. The molecule has 212 valence electrons. The van der Waals surface area contributed by atoms with E-state index in [1.54, 1.807) is 0 Å². The van der Waals surface area contributed by atoms with Gasteiger partial charge in [0.1, 0.15) is 0 Å². The molecular formula is C38H44ClN2+. The molecular weight excluding hydrogens is 520 g/mol. The van der Waals surface area contributed by atoms with E-state index in [4.69, 9.17) is 11.6 Å². The molecule has 2 aromatic carbocycles. The molecule has 0 radical (unpaired) electrons. The van der Waals surface area contributed by atoms with E-state index in [-0.39, 0.29) is 10.8 Å². The van der Waals surface area contributed by atoms with Crippen molar-refractivity contribution >= 4 is 28.7 Å². The quantitative estimate of drug-likeness (QED) is 0.240. The highest BCUT2D eigenvalue weighted by atomic mass is 35.5. The minimum atomic E-state index is -0.0956. The highest BCUT2D eigenvalue weighted by molar-refractivity contribution is 6.32. The smallest absolute Gasteiger partial charge is 0.210 e. The second kappa shape index (κ2) is 11.1. The topological polar surface area (TPSA) is 6.25 Å². The largest absolute Gasteiger partial charge is 0.340 e. The molecule has 5 rings (SSSR count). The van der Waals surface area contributed by atoms with Gasteiger partial charge in [-0.25, -0.2) is 0 Å². The molecule has 2 aliphatic heterocycles. The molecule has 0 saturated carbocycles. The summed E-state index contributed by atoms with van der Waals surface area (Å²) in [7, 11) is 0. The maximum atomic E-state index is 7.14. The number of nitrogens with zero attached hydrogens (tertiary/aromatic N) is 2. The van der Waals surface area contributed by atoms with E-state index in [0.717, 1.165) is 37.4 Å². The average Bonchev–Trinajstić information content (AvgIpc) is 3.26. The number of anilines is 1. The number of hydrogen-bond acceptors (Lipinski definition) is 1. The first-order valence-electron chi connectivity index (χ1n) is 14.9. The third kappa shape index (κ3) is 5.12. The van der Waals surface area contributed by atoms with Crippen molar-refractivity contribution in [2.75, 3.05) is 18.0 Å². The fraction of sp³-hybridized carbons (Fsp3) is 0.342. The van der Waals surface area contributed by atoms with Gasteiger partial charge in [0.2, 0.25) is 5.69 Å². The number of halogens is 1. The van der Waals surface area contributed by atoms with Crippen LogP contribution < -0.4 is 4.90 Å². The number of hydrogen-bond donors (Lipinski definition) is 0. The first-order chi connectivity index (χ1) is 19.5. The zero-order valence-electron chi connectivity index (χ0n) is 25.7. The molecule has 1 aliphatic carbocycles. The highest BCUT2D eigenvalue weighted by Gasteiger charge is 2.44. The highest BCUT2D eigenvalue weighted by Crippen LogP contribution is 2.48. The Morgan fingerprint density at radius 2 is 1.59 bits per heavy atom. The summed E-state index contributed by atoms with van der Waals surface area (Å²) in [6.07, 6.45) is 16.2. The van der Waals surface area contributed by atoms with Crippen LogP contribution in [0.2, 0.25) is 0 Å². The summed E-state index contributed by atoms with van der Waals surface area (Å²) in [6, 6.07) is 13.5. The van der Waals surface area contributed by atoms with Crippen molar-refractivity contribution in [3.63, 3.8) is 0 Å². The van der Waals surface area contributed by atoms with Gasteiger partial charge in [-0.05, 0) is 88.0 Å². The van der Waals surface area contributed by atoms with E-state index < -0.39 is 0 Å². The molecule has 3 aliphatic rings. The van der Waals surface area contributed by atoms with Crippen LogP contribution in [0.5, 0.6) is 0 Å². The van der Waals surface area contributed by atoms with Crippen molar-refractivity contribution < 1.29 is 4.58 Å². The average molecular weight is 564 g/mol. The first-order valence-corrected chi connectivity index (χ1v) is 15.2. The summed E-state index contributed by atoms with van der Waals surface area (Å²) in [5, 5.41) is 0.892. The molecule has 0 fully saturated rings. The van der Waals surface area contributed by atoms with Crippen LogP contribution >= 0.6 is 11.6 Å². The molecule has 0 atom stereocenters. The van der Waals surface area contributed by atoms with Crippen molar-refractivity contribution in [3.8, 4) is 0 Å². The zero-order valence-corrected chi connectivity index (χ0v) is 26.4. The normalized spacial score (nSPS) is 21.3. The number of fused-ring (bicyclic) bond motifs is 2. The van der Waals surface area contributed by atoms with Gasteiger partial charge in [-0.1, -0.05) is 79.6 Å². The summed E-state index contributed by atoms with van der Waals surface area (Å²) in [5.41, 5.74) is 12.7. The Labute approximate surface area is 252 Å². The predicted molar refractivity (Wildman–Crippen MR) is 178 cm³/mol. The van der Waals surface area contributed by atoms with Crippen LogP contribution in [-0.2, 0) is 10.8 Å². The summed E-state index contributed by atoms with van der Waals surface area (Å²) < 4.78 is 2.40. The fourth-order valence-corrected chi connectivity index (χ4v) is 7.11. The zero-order chi connectivity index (χ0) is 29.5. The van der Waals surface area contributed by atoms with Gasteiger partial charge in [-0.15, -0.1) is 6.58 Å². The number of benzene rings is 2. The van der Waals surface area contributed by atoms with Crippen molar-refractivity contribution in [2.24, 2.45) is 0 Å². The molecule has 0 N–H and O–H groups in total. The van der Waals surface area contributed by atoms with Crippen LogP contribution in [0.3, 0.4) is 0 Å². The second-order valence-electron chi connectivity index (χ2n) is 12.7. The van der Waals surface area contributed by atoms with Gasteiger partial charge in [-0.3, -0.25) is 0 Å². The van der Waals surface area contributed by atoms with Gasteiger partial charge in [0, 0.05) is 46.1 Å². The van der Waals surface area contributed by atoms with E-state index in [0.29, 0.717) is 0 Å². The van der Waals surface area contributed by atoms with Crippen molar-refractivity contribution in [1.29, 1.82) is 0 Å². The van der Waals surface area contributed by atoms with E-state index in [9.17, 15) is 0 Å². The van der Waals surface area contributed by atoms with E-state index in [2.05, 4.69) is 125 Å². The van der Waals surface area contributed by atoms with Crippen LogP contribution in [0.4, 0.5) is 11.4 Å². The third-order valence-corrected chi connectivity index (χ3v) is 9.54. The van der Waals surface area contributed by atoms with Crippen molar-refractivity contribution in [2.45, 2.75) is 71.6 Å². The fourth-order valence-electron chi connectivity index (χ4n) is 6.80. The summed E-state index contributed by atoms with van der Waals surface area (Å²) in [6.45, 7) is 23.2. The molecule has 2 aromatic rings. The Bertz CT molecular complexity index is 1570. The monoisotopic (exact) mass is 563 g/mol. The molecule has 2 nitrogen and oxygen atoms in total. The summed E-state index contributed by atoms with van der Waals surface area (Å²) >= 11 is 7.14. The minimum absolute atomic E-state index is 0.0956. The van der Waals surface area contributed by atoms with E-state index in [1.165, 1.54) is 56.2 Å². The van der Waals surface area contributed by atoms with Gasteiger partial charge in [0.05, 0.1) is 5.41 Å². The summed E-state index contributed by atoms with van der Waals surface area (Å²) in [4.78, 5) is 2.40. The van der Waals surface area contributed by atoms with Crippen LogP contribution in [0.15, 0.2) is 108 Å². The first kappa shape index (κ1) is 29.1. The van der Waals surface area contributed by atoms with Crippen LogP contribution in [0.1, 0.15) is 69.2 Å². The Balaban J connectivity index is 1.51. The van der Waals surface area contributed by atoms with Gasteiger partial charge in [0.25, 0.3) is 0 Å². The van der Waals surface area contributed by atoms with E-state index in [1.807, 2.05) is 12.2 Å². The molecule has 3 heteroatoms. The molecule has 0 saturated heterocycles. The van der Waals surface area contributed by atoms with E-state index >= 15 is 0 Å². The Morgan fingerprint density at radius 1 is 0.878 bits per heavy atom. The van der Waals surface area contributed by atoms with Gasteiger partial charge in [0.15, 0.2) is 12.3 Å². The lowest BCUT2D eigenvalue weighted by molar-refractivity contribution is -0.425. The lowest BCUT2D eigenvalue weighted by Gasteiger charge is -2.26. The molecule has 0 aromatic heterocycles. The Hall–Kier alpha value is -3.36. The maximum Gasteiger partial charge on any atom is 0.210 e. The van der Waals surface area contributed by atoms with Crippen LogP contribution in [0, 0.1) is 13.8 Å². The number of aryl methyl sites for hydroxylation is 2. The van der Waals surface area contributed by atoms with Crippen molar-refractivity contribution in [1.82, 2.24) is 0 Å².